The highest BCUT2D eigenvalue weighted by molar-refractivity contribution is 4.91. The summed E-state index contributed by atoms with van der Waals surface area (Å²) < 4.78 is 10.2. The van der Waals surface area contributed by atoms with Gasteiger partial charge in [0.15, 0.2) is 0 Å². The maximum absolute atomic E-state index is 5.12. The molecule has 0 aromatic heterocycles. The summed E-state index contributed by atoms with van der Waals surface area (Å²) in [6.07, 6.45) is 6.49. The standard InChI is InChI=1S/C6H8N2O2/c1-3-9-5(7-1)6-8-2-4-10-6/h1-8H. The van der Waals surface area contributed by atoms with Crippen LogP contribution < -0.4 is 10.6 Å². The van der Waals surface area contributed by atoms with Crippen LogP contribution in [0.3, 0.4) is 0 Å². The van der Waals surface area contributed by atoms with E-state index in [2.05, 4.69) is 10.6 Å². The minimum absolute atomic E-state index is 0.102. The highest BCUT2D eigenvalue weighted by atomic mass is 16.6. The van der Waals surface area contributed by atoms with Crippen molar-refractivity contribution in [3.63, 3.8) is 0 Å². The number of rotatable bonds is 1. The third-order valence-electron chi connectivity index (χ3n) is 1.38. The van der Waals surface area contributed by atoms with Crippen molar-refractivity contribution in [1.29, 1.82) is 0 Å². The molecule has 2 aliphatic rings. The van der Waals surface area contributed by atoms with Gasteiger partial charge in [-0.1, -0.05) is 0 Å². The van der Waals surface area contributed by atoms with Crippen molar-refractivity contribution in [3.8, 4) is 0 Å². The lowest BCUT2D eigenvalue weighted by Crippen LogP contribution is -2.41. The summed E-state index contributed by atoms with van der Waals surface area (Å²) in [7, 11) is 0. The van der Waals surface area contributed by atoms with Crippen molar-refractivity contribution in [2.75, 3.05) is 0 Å². The average molecular weight is 140 g/mol. The van der Waals surface area contributed by atoms with Gasteiger partial charge < -0.3 is 20.1 Å². The molecule has 4 nitrogen and oxygen atoms in total. The van der Waals surface area contributed by atoms with Crippen molar-refractivity contribution in [2.24, 2.45) is 0 Å². The van der Waals surface area contributed by atoms with E-state index >= 15 is 0 Å². The Bertz CT molecular complexity index is 143. The van der Waals surface area contributed by atoms with Gasteiger partial charge in [-0.25, -0.2) is 0 Å². The summed E-state index contributed by atoms with van der Waals surface area (Å²) in [5.74, 6) is 0. The van der Waals surface area contributed by atoms with Gasteiger partial charge in [0.05, 0.1) is 0 Å². The third kappa shape index (κ3) is 0.775. The summed E-state index contributed by atoms with van der Waals surface area (Å²) in [5.41, 5.74) is 0. The zero-order chi connectivity index (χ0) is 6.81. The van der Waals surface area contributed by atoms with Gasteiger partial charge in [0, 0.05) is 12.4 Å². The Morgan fingerprint density at radius 2 is 1.40 bits per heavy atom. The summed E-state index contributed by atoms with van der Waals surface area (Å²) in [4.78, 5) is 0. The maximum Gasteiger partial charge on any atom is 0.225 e. The summed E-state index contributed by atoms with van der Waals surface area (Å²) in [5, 5.41) is 5.94. The zero-order valence-corrected chi connectivity index (χ0v) is 5.28. The van der Waals surface area contributed by atoms with E-state index in [0.29, 0.717) is 0 Å². The third-order valence-corrected chi connectivity index (χ3v) is 1.38. The fourth-order valence-electron chi connectivity index (χ4n) is 0.912. The molecule has 2 rings (SSSR count). The zero-order valence-electron chi connectivity index (χ0n) is 5.28. The molecular formula is C6H8N2O2. The summed E-state index contributed by atoms with van der Waals surface area (Å²) in [6.45, 7) is 0. The molecule has 0 saturated heterocycles. The van der Waals surface area contributed by atoms with Crippen LogP contribution in [0.25, 0.3) is 0 Å². The molecule has 4 heteroatoms. The van der Waals surface area contributed by atoms with E-state index in [0.717, 1.165) is 0 Å². The molecule has 54 valence electrons. The topological polar surface area (TPSA) is 42.5 Å². The Morgan fingerprint density at radius 3 is 1.70 bits per heavy atom. The van der Waals surface area contributed by atoms with Crippen molar-refractivity contribution in [2.45, 2.75) is 12.5 Å². The predicted molar refractivity (Wildman–Crippen MR) is 34.3 cm³/mol. The Hall–Kier alpha value is -1.32. The minimum atomic E-state index is -0.102. The Labute approximate surface area is 58.5 Å². The molecule has 2 N–H and O–H groups in total. The summed E-state index contributed by atoms with van der Waals surface area (Å²) >= 11 is 0. The van der Waals surface area contributed by atoms with Crippen LogP contribution in [0, 0.1) is 0 Å². The molecule has 0 aromatic rings. The first-order valence-electron chi connectivity index (χ1n) is 3.10. The van der Waals surface area contributed by atoms with Gasteiger partial charge >= 0.3 is 0 Å². The smallest absolute Gasteiger partial charge is 0.225 e. The van der Waals surface area contributed by atoms with Crippen LogP contribution in [-0.4, -0.2) is 12.5 Å². The van der Waals surface area contributed by atoms with Gasteiger partial charge in [-0.2, -0.15) is 0 Å². The highest BCUT2D eigenvalue weighted by Gasteiger charge is 2.25. The predicted octanol–water partition coefficient (Wildman–Crippen LogP) is -0.179. The number of hydrogen-bond donors (Lipinski definition) is 2. The van der Waals surface area contributed by atoms with E-state index in [-0.39, 0.29) is 12.5 Å². The molecule has 2 heterocycles. The molecule has 0 amide bonds. The average Bonchev–Trinajstić information content (AvgIpc) is 2.59. The summed E-state index contributed by atoms with van der Waals surface area (Å²) in [6, 6.07) is 0. The highest BCUT2D eigenvalue weighted by Crippen LogP contribution is 2.07. The SMILES string of the molecule is C1=COC(C2NC=CO2)N1. The molecule has 0 bridgehead atoms. The van der Waals surface area contributed by atoms with Crippen LogP contribution in [0.1, 0.15) is 0 Å². The molecular weight excluding hydrogens is 132 g/mol. The number of hydrogen-bond acceptors (Lipinski definition) is 4. The lowest BCUT2D eigenvalue weighted by molar-refractivity contribution is 0.00296. The van der Waals surface area contributed by atoms with Gasteiger partial charge in [0.1, 0.15) is 12.5 Å². The molecule has 0 spiro atoms. The van der Waals surface area contributed by atoms with E-state index in [1.54, 1.807) is 24.9 Å². The number of nitrogens with one attached hydrogen (secondary N) is 2. The van der Waals surface area contributed by atoms with Crippen molar-refractivity contribution < 1.29 is 9.47 Å². The quantitative estimate of drug-likeness (QED) is 0.530. The van der Waals surface area contributed by atoms with Crippen molar-refractivity contribution in [1.82, 2.24) is 10.6 Å². The van der Waals surface area contributed by atoms with E-state index in [1.807, 2.05) is 0 Å². The Kier molecular flexibility index (Phi) is 1.16. The van der Waals surface area contributed by atoms with Crippen LogP contribution in [0.15, 0.2) is 24.9 Å². The van der Waals surface area contributed by atoms with Crippen LogP contribution in [-0.2, 0) is 9.47 Å². The largest absolute Gasteiger partial charge is 0.471 e. The number of ether oxygens (including phenoxy) is 2. The second-order valence-corrected chi connectivity index (χ2v) is 2.05. The fourth-order valence-corrected chi connectivity index (χ4v) is 0.912. The molecule has 0 saturated carbocycles. The van der Waals surface area contributed by atoms with Gasteiger partial charge in [-0.15, -0.1) is 0 Å². The minimum Gasteiger partial charge on any atom is -0.471 e. The molecule has 10 heavy (non-hydrogen) atoms. The molecule has 2 aliphatic heterocycles. The van der Waals surface area contributed by atoms with Crippen LogP contribution in [0.4, 0.5) is 0 Å². The van der Waals surface area contributed by atoms with Gasteiger partial charge in [0.2, 0.25) is 12.5 Å². The Balaban J connectivity index is 1.89. The van der Waals surface area contributed by atoms with E-state index < -0.39 is 0 Å². The Morgan fingerprint density at radius 1 is 0.900 bits per heavy atom. The normalized spacial score (nSPS) is 34.4. The van der Waals surface area contributed by atoms with Gasteiger partial charge in [-0.05, 0) is 0 Å². The molecule has 0 aromatic carbocycles. The van der Waals surface area contributed by atoms with Crippen molar-refractivity contribution >= 4 is 0 Å². The first kappa shape index (κ1) is 5.46. The molecule has 2 unspecified atom stereocenters. The monoisotopic (exact) mass is 140 g/mol. The lowest BCUT2D eigenvalue weighted by Gasteiger charge is -2.18. The van der Waals surface area contributed by atoms with Crippen LogP contribution >= 0.6 is 0 Å². The van der Waals surface area contributed by atoms with Crippen LogP contribution in [0.5, 0.6) is 0 Å². The second kappa shape index (κ2) is 2.13. The van der Waals surface area contributed by atoms with Gasteiger partial charge in [0.25, 0.3) is 0 Å². The maximum atomic E-state index is 5.12. The van der Waals surface area contributed by atoms with E-state index in [1.165, 1.54) is 0 Å². The lowest BCUT2D eigenvalue weighted by atomic mass is 10.5. The van der Waals surface area contributed by atoms with Gasteiger partial charge in [-0.3, -0.25) is 0 Å². The fraction of sp³-hybridized carbons (Fsp3) is 0.333. The first-order valence-corrected chi connectivity index (χ1v) is 3.10. The second-order valence-electron chi connectivity index (χ2n) is 2.05. The molecule has 0 radical (unpaired) electrons. The van der Waals surface area contributed by atoms with Crippen molar-refractivity contribution in [3.05, 3.63) is 24.9 Å². The molecule has 0 aliphatic carbocycles. The van der Waals surface area contributed by atoms with E-state index in [4.69, 9.17) is 9.47 Å². The molecule has 2 atom stereocenters. The first-order chi connectivity index (χ1) is 4.97. The molecule has 0 fully saturated rings. The van der Waals surface area contributed by atoms with E-state index in [9.17, 15) is 0 Å². The van der Waals surface area contributed by atoms with Crippen LogP contribution in [0.2, 0.25) is 0 Å².